The molecule has 1 saturated carbocycles. The first-order valence-electron chi connectivity index (χ1n) is 15.5. The Balaban J connectivity index is 1.23. The minimum absolute atomic E-state index is 0.0585. The molecule has 0 aliphatic heterocycles. The van der Waals surface area contributed by atoms with Gasteiger partial charge in [0, 0.05) is 6.20 Å². The molecule has 10 heteroatoms. The first-order valence-corrected chi connectivity index (χ1v) is 15.5. The molecule has 0 radical (unpaired) electrons. The normalized spacial score (nSPS) is 18.0. The van der Waals surface area contributed by atoms with Crippen molar-refractivity contribution in [3.63, 3.8) is 0 Å². The zero-order valence-electron chi connectivity index (χ0n) is 26.1. The average Bonchev–Trinajstić information content (AvgIpc) is 3.68. The van der Waals surface area contributed by atoms with Gasteiger partial charge in [-0.2, -0.15) is 5.10 Å². The standard InChI is InChI=1S/C34H43N5O5/c1-5-20-34(41,6-2)23-39-30(19-21-35-39)27-11-9-25(10-12-27)26-13-17-29(18-14-26)44-32-31(33(40)43-4)36-37-38(32)22-24-7-15-28(42-3)16-8-24/h7-12,15-16,19,21,26,29,41H,5-6,13-14,17-18,20,22-23H2,1-4H3. The Kier molecular flexibility index (Phi) is 9.99. The zero-order valence-corrected chi connectivity index (χ0v) is 26.1. The van der Waals surface area contributed by atoms with Crippen molar-refractivity contribution in [3.05, 3.63) is 77.6 Å². The van der Waals surface area contributed by atoms with E-state index in [9.17, 15) is 9.90 Å². The summed E-state index contributed by atoms with van der Waals surface area (Å²) in [4.78, 5) is 12.5. The number of hydrogen-bond donors (Lipinski definition) is 1. The van der Waals surface area contributed by atoms with Gasteiger partial charge in [-0.15, -0.1) is 5.10 Å². The second kappa shape index (κ2) is 14.1. The summed E-state index contributed by atoms with van der Waals surface area (Å²) in [5.74, 6) is 0.960. The first kappa shape index (κ1) is 31.3. The molecule has 1 aliphatic rings. The van der Waals surface area contributed by atoms with Gasteiger partial charge in [0.15, 0.2) is 0 Å². The number of rotatable bonds is 13. The molecule has 2 aromatic heterocycles. The van der Waals surface area contributed by atoms with Crippen molar-refractivity contribution in [1.29, 1.82) is 0 Å². The molecule has 0 saturated heterocycles. The zero-order chi connectivity index (χ0) is 31.1. The van der Waals surface area contributed by atoms with Crippen molar-refractivity contribution in [1.82, 2.24) is 24.8 Å². The minimum Gasteiger partial charge on any atom is -0.497 e. The Morgan fingerprint density at radius 1 is 0.977 bits per heavy atom. The molecule has 4 aromatic rings. The Morgan fingerprint density at radius 3 is 2.34 bits per heavy atom. The summed E-state index contributed by atoms with van der Waals surface area (Å²) in [5.41, 5.74) is 3.72. The summed E-state index contributed by atoms with van der Waals surface area (Å²) in [6.45, 7) is 5.01. The van der Waals surface area contributed by atoms with Crippen LogP contribution in [0, 0.1) is 0 Å². The van der Waals surface area contributed by atoms with Gasteiger partial charge in [0.05, 0.1) is 38.6 Å². The summed E-state index contributed by atoms with van der Waals surface area (Å²) in [7, 11) is 2.96. The lowest BCUT2D eigenvalue weighted by Crippen LogP contribution is -2.34. The van der Waals surface area contributed by atoms with Gasteiger partial charge >= 0.3 is 5.97 Å². The number of benzene rings is 2. The van der Waals surface area contributed by atoms with Crippen molar-refractivity contribution in [3.8, 4) is 22.9 Å². The Bertz CT molecular complexity index is 1510. The molecule has 2 heterocycles. The molecule has 234 valence electrons. The van der Waals surface area contributed by atoms with Crippen LogP contribution >= 0.6 is 0 Å². The first-order chi connectivity index (χ1) is 21.4. The predicted molar refractivity (Wildman–Crippen MR) is 167 cm³/mol. The van der Waals surface area contributed by atoms with Crippen LogP contribution in [0.15, 0.2) is 60.8 Å². The number of carbonyl (C=O) groups is 1. The fourth-order valence-electron chi connectivity index (χ4n) is 6.07. The fraction of sp³-hybridized carbons (Fsp3) is 0.471. The van der Waals surface area contributed by atoms with E-state index in [4.69, 9.17) is 14.2 Å². The SMILES string of the molecule is CCCC(O)(CC)Cn1nccc1-c1ccc(C2CCC(Oc3c(C(=O)OC)nnn3Cc3ccc(OC)cc3)CC2)cc1. The highest BCUT2D eigenvalue weighted by molar-refractivity contribution is 5.89. The number of methoxy groups -OCH3 is 2. The Hall–Kier alpha value is -4.18. The van der Waals surface area contributed by atoms with Crippen molar-refractivity contribution in [2.24, 2.45) is 0 Å². The quantitative estimate of drug-likeness (QED) is 0.185. The van der Waals surface area contributed by atoms with E-state index in [1.165, 1.54) is 12.7 Å². The van der Waals surface area contributed by atoms with E-state index in [2.05, 4.69) is 46.6 Å². The third-order valence-corrected chi connectivity index (χ3v) is 8.72. The van der Waals surface area contributed by atoms with E-state index in [-0.39, 0.29) is 11.8 Å². The van der Waals surface area contributed by atoms with Gasteiger partial charge in [-0.1, -0.05) is 61.9 Å². The van der Waals surface area contributed by atoms with E-state index in [0.717, 1.165) is 61.1 Å². The van der Waals surface area contributed by atoms with Gasteiger partial charge in [0.1, 0.15) is 11.9 Å². The van der Waals surface area contributed by atoms with Crippen LogP contribution in [-0.2, 0) is 17.8 Å². The summed E-state index contributed by atoms with van der Waals surface area (Å²) in [6, 6.07) is 18.4. The number of aliphatic hydroxyl groups is 1. The Morgan fingerprint density at radius 2 is 1.70 bits per heavy atom. The number of carbonyl (C=O) groups excluding carboxylic acids is 1. The van der Waals surface area contributed by atoms with Crippen LogP contribution in [0.4, 0.5) is 0 Å². The molecule has 10 nitrogen and oxygen atoms in total. The minimum atomic E-state index is -0.753. The average molecular weight is 602 g/mol. The third-order valence-electron chi connectivity index (χ3n) is 8.72. The van der Waals surface area contributed by atoms with Crippen LogP contribution in [-0.4, -0.2) is 61.8 Å². The van der Waals surface area contributed by atoms with Gasteiger partial charge in [0.25, 0.3) is 0 Å². The highest BCUT2D eigenvalue weighted by Crippen LogP contribution is 2.36. The third kappa shape index (κ3) is 7.13. The smallest absolute Gasteiger partial charge is 0.364 e. The van der Waals surface area contributed by atoms with Crippen molar-refractivity contribution < 1.29 is 24.1 Å². The van der Waals surface area contributed by atoms with Crippen molar-refractivity contribution in [2.75, 3.05) is 14.2 Å². The Labute approximate surface area is 258 Å². The monoisotopic (exact) mass is 601 g/mol. The van der Waals surface area contributed by atoms with Crippen molar-refractivity contribution >= 4 is 5.97 Å². The van der Waals surface area contributed by atoms with Crippen molar-refractivity contribution in [2.45, 2.75) is 89.5 Å². The van der Waals surface area contributed by atoms with Crippen LogP contribution in [0.25, 0.3) is 11.3 Å². The molecule has 2 aromatic carbocycles. The fourth-order valence-corrected chi connectivity index (χ4v) is 6.07. The second-order valence-corrected chi connectivity index (χ2v) is 11.7. The van der Waals surface area contributed by atoms with Gasteiger partial charge in [-0.05, 0) is 79.3 Å². The molecule has 1 N–H and O–H groups in total. The molecular formula is C34H43N5O5. The largest absolute Gasteiger partial charge is 0.497 e. The highest BCUT2D eigenvalue weighted by Gasteiger charge is 2.29. The lowest BCUT2D eigenvalue weighted by Gasteiger charge is -2.29. The summed E-state index contributed by atoms with van der Waals surface area (Å²) < 4.78 is 20.2. The van der Waals surface area contributed by atoms with Gasteiger partial charge < -0.3 is 19.3 Å². The summed E-state index contributed by atoms with van der Waals surface area (Å²) in [5, 5.41) is 23.8. The molecule has 0 spiro atoms. The molecule has 0 amide bonds. The van der Waals surface area contributed by atoms with Gasteiger partial charge in [0.2, 0.25) is 11.6 Å². The predicted octanol–water partition coefficient (Wildman–Crippen LogP) is 6.03. The second-order valence-electron chi connectivity index (χ2n) is 11.7. The number of aromatic nitrogens is 5. The van der Waals surface area contributed by atoms with Crippen LogP contribution < -0.4 is 9.47 Å². The number of hydrogen-bond acceptors (Lipinski definition) is 8. The van der Waals surface area contributed by atoms with Gasteiger partial charge in [-0.3, -0.25) is 4.68 Å². The van der Waals surface area contributed by atoms with E-state index in [1.807, 2.05) is 41.9 Å². The molecule has 1 atom stereocenters. The van der Waals surface area contributed by atoms with Gasteiger partial charge in [-0.25, -0.2) is 9.48 Å². The molecular weight excluding hydrogens is 558 g/mol. The van der Waals surface area contributed by atoms with E-state index < -0.39 is 11.6 Å². The number of nitrogens with zero attached hydrogens (tertiary/aromatic N) is 5. The maximum absolute atomic E-state index is 12.5. The molecule has 1 unspecified atom stereocenters. The van der Waals surface area contributed by atoms with Crippen LogP contribution in [0.1, 0.15) is 86.3 Å². The maximum Gasteiger partial charge on any atom is 0.364 e. The summed E-state index contributed by atoms with van der Waals surface area (Å²) in [6.07, 6.45) is 7.75. The summed E-state index contributed by atoms with van der Waals surface area (Å²) >= 11 is 0. The van der Waals surface area contributed by atoms with Crippen LogP contribution in [0.5, 0.6) is 11.6 Å². The topological polar surface area (TPSA) is 114 Å². The number of ether oxygens (including phenoxy) is 3. The van der Waals surface area contributed by atoms with Crippen LogP contribution in [0.3, 0.4) is 0 Å². The molecule has 5 rings (SSSR count). The van der Waals surface area contributed by atoms with E-state index in [1.54, 1.807) is 18.0 Å². The molecule has 0 bridgehead atoms. The maximum atomic E-state index is 12.5. The lowest BCUT2D eigenvalue weighted by atomic mass is 9.82. The highest BCUT2D eigenvalue weighted by atomic mass is 16.5. The van der Waals surface area contributed by atoms with E-state index in [0.29, 0.717) is 31.3 Å². The molecule has 44 heavy (non-hydrogen) atoms. The molecule has 1 fully saturated rings. The molecule has 1 aliphatic carbocycles. The van der Waals surface area contributed by atoms with Crippen LogP contribution in [0.2, 0.25) is 0 Å². The van der Waals surface area contributed by atoms with E-state index >= 15 is 0 Å². The number of esters is 1. The lowest BCUT2D eigenvalue weighted by molar-refractivity contribution is 0.00713.